The molecule has 0 spiro atoms. The van der Waals surface area contributed by atoms with Crippen LogP contribution >= 0.6 is 0 Å². The Morgan fingerprint density at radius 1 is 0.345 bits per heavy atom. The molecule has 348 valence electrons. The molecule has 0 radical (unpaired) electrons. The summed E-state index contributed by atoms with van der Waals surface area (Å²) in [5, 5.41) is 23.3. The van der Waals surface area contributed by atoms with Gasteiger partial charge in [0.2, 0.25) is 5.91 Å². The van der Waals surface area contributed by atoms with Crippen LogP contribution in [-0.2, 0) is 4.79 Å². The number of amides is 1. The molecule has 4 heteroatoms. The predicted octanol–water partition coefficient (Wildman–Crippen LogP) is 17.6. The Hall–Kier alpha value is -0.610. The highest BCUT2D eigenvalue weighted by Crippen LogP contribution is 2.18. The van der Waals surface area contributed by atoms with Gasteiger partial charge in [-0.3, -0.25) is 4.79 Å². The minimum atomic E-state index is -0.654. The molecule has 2 unspecified atom stereocenters. The number of hydrogen-bond donors (Lipinski definition) is 3. The van der Waals surface area contributed by atoms with E-state index in [-0.39, 0.29) is 12.5 Å². The number of rotatable bonds is 51. The van der Waals surface area contributed by atoms with Gasteiger partial charge in [-0.2, -0.15) is 0 Å². The Labute approximate surface area is 365 Å². The zero-order chi connectivity index (χ0) is 42.1. The van der Waals surface area contributed by atoms with Gasteiger partial charge in [0.15, 0.2) is 0 Å². The van der Waals surface area contributed by atoms with Crippen LogP contribution in [0.25, 0.3) is 0 Å². The van der Waals surface area contributed by atoms with Gasteiger partial charge in [-0.05, 0) is 12.8 Å². The molecule has 0 aromatic heterocycles. The fourth-order valence-electron chi connectivity index (χ4n) is 8.95. The van der Waals surface area contributed by atoms with Crippen molar-refractivity contribution in [1.29, 1.82) is 0 Å². The summed E-state index contributed by atoms with van der Waals surface area (Å²) in [5.74, 6) is -0.0239. The summed E-state index contributed by atoms with van der Waals surface area (Å²) in [6, 6.07) is -0.530. The van der Waals surface area contributed by atoms with E-state index in [0.29, 0.717) is 12.8 Å². The monoisotopic (exact) mass is 820 g/mol. The predicted molar refractivity (Wildman–Crippen MR) is 258 cm³/mol. The number of nitrogens with one attached hydrogen (secondary N) is 1. The van der Waals surface area contributed by atoms with Crippen LogP contribution < -0.4 is 5.32 Å². The molecular weight excluding hydrogens is 711 g/mol. The summed E-state index contributed by atoms with van der Waals surface area (Å²) in [7, 11) is 0. The van der Waals surface area contributed by atoms with E-state index in [2.05, 4.69) is 19.2 Å². The standard InChI is InChI=1S/C54H109NO3/c1-3-5-7-9-11-13-15-17-19-21-22-23-24-25-26-27-28-29-30-31-32-33-34-35-37-39-41-43-45-47-49-53(57)52(51-56)55-54(58)50-48-46-44-42-40-38-36-20-18-16-14-12-10-8-6-4-2/h52-53,56-57H,3-51H2,1-2H3,(H,55,58). The van der Waals surface area contributed by atoms with Crippen LogP contribution in [0, 0.1) is 0 Å². The molecule has 0 aromatic rings. The number of carbonyl (C=O) groups excluding carboxylic acids is 1. The Bertz CT molecular complexity index is 759. The van der Waals surface area contributed by atoms with Gasteiger partial charge < -0.3 is 15.5 Å². The molecule has 0 aliphatic heterocycles. The lowest BCUT2D eigenvalue weighted by Crippen LogP contribution is -2.45. The maximum atomic E-state index is 12.4. The first-order valence-electron chi connectivity index (χ1n) is 27.2. The summed E-state index contributed by atoms with van der Waals surface area (Å²) < 4.78 is 0. The van der Waals surface area contributed by atoms with E-state index in [1.807, 2.05) is 0 Å². The fourth-order valence-corrected chi connectivity index (χ4v) is 8.95. The van der Waals surface area contributed by atoms with Crippen LogP contribution in [0.2, 0.25) is 0 Å². The minimum Gasteiger partial charge on any atom is -0.394 e. The van der Waals surface area contributed by atoms with Crippen LogP contribution in [0.4, 0.5) is 0 Å². The number of carbonyl (C=O) groups is 1. The van der Waals surface area contributed by atoms with Crippen LogP contribution in [0.5, 0.6) is 0 Å². The Kier molecular flexibility index (Phi) is 50.2. The summed E-state index contributed by atoms with van der Waals surface area (Å²) in [6.45, 7) is 4.40. The summed E-state index contributed by atoms with van der Waals surface area (Å²) in [5.41, 5.74) is 0. The summed E-state index contributed by atoms with van der Waals surface area (Å²) in [6.07, 6.45) is 63.7. The molecule has 0 aromatic carbocycles. The third kappa shape index (κ3) is 46.5. The van der Waals surface area contributed by atoms with Gasteiger partial charge in [0.1, 0.15) is 0 Å². The number of unbranched alkanes of at least 4 members (excludes halogenated alkanes) is 44. The Morgan fingerprint density at radius 3 is 0.776 bits per heavy atom. The Morgan fingerprint density at radius 2 is 0.552 bits per heavy atom. The smallest absolute Gasteiger partial charge is 0.220 e. The van der Waals surface area contributed by atoms with E-state index in [1.54, 1.807) is 0 Å². The topological polar surface area (TPSA) is 69.6 Å². The maximum absolute atomic E-state index is 12.4. The second-order valence-electron chi connectivity index (χ2n) is 19.0. The molecule has 0 aliphatic carbocycles. The van der Waals surface area contributed by atoms with E-state index in [1.165, 1.54) is 270 Å². The van der Waals surface area contributed by atoms with Gasteiger partial charge in [-0.15, -0.1) is 0 Å². The molecule has 2 atom stereocenters. The summed E-state index contributed by atoms with van der Waals surface area (Å²) >= 11 is 0. The normalized spacial score (nSPS) is 12.7. The van der Waals surface area contributed by atoms with Crippen LogP contribution in [-0.4, -0.2) is 34.9 Å². The van der Waals surface area contributed by atoms with Crippen molar-refractivity contribution in [1.82, 2.24) is 5.32 Å². The first-order valence-corrected chi connectivity index (χ1v) is 27.2. The van der Waals surface area contributed by atoms with Crippen molar-refractivity contribution in [2.45, 2.75) is 334 Å². The van der Waals surface area contributed by atoms with Gasteiger partial charge >= 0.3 is 0 Å². The molecule has 3 N–H and O–H groups in total. The molecule has 0 fully saturated rings. The first kappa shape index (κ1) is 57.4. The first-order chi connectivity index (χ1) is 28.7. The molecule has 0 bridgehead atoms. The SMILES string of the molecule is CCCCCCCCCCCCCCCCCCCCCCCCCCCCCCCCC(O)C(CO)NC(=O)CCCCCCCCCCCCCCCCCC. The molecule has 4 nitrogen and oxygen atoms in total. The van der Waals surface area contributed by atoms with Gasteiger partial charge in [0, 0.05) is 6.42 Å². The van der Waals surface area contributed by atoms with Gasteiger partial charge in [0.25, 0.3) is 0 Å². The number of hydrogen-bond acceptors (Lipinski definition) is 3. The number of aliphatic hydroxyl groups is 2. The van der Waals surface area contributed by atoms with Gasteiger partial charge in [-0.25, -0.2) is 0 Å². The molecule has 0 saturated heterocycles. The van der Waals surface area contributed by atoms with E-state index in [9.17, 15) is 15.0 Å². The maximum Gasteiger partial charge on any atom is 0.220 e. The van der Waals surface area contributed by atoms with E-state index >= 15 is 0 Å². The lowest BCUT2D eigenvalue weighted by molar-refractivity contribution is -0.123. The average molecular weight is 820 g/mol. The van der Waals surface area contributed by atoms with Crippen molar-refractivity contribution < 1.29 is 15.0 Å². The van der Waals surface area contributed by atoms with Crippen LogP contribution in [0.3, 0.4) is 0 Å². The zero-order valence-electron chi connectivity index (χ0n) is 40.1. The molecule has 0 saturated carbocycles. The van der Waals surface area contributed by atoms with E-state index in [0.717, 1.165) is 25.7 Å². The van der Waals surface area contributed by atoms with Gasteiger partial charge in [-0.1, -0.05) is 303 Å². The molecule has 58 heavy (non-hydrogen) atoms. The quantitative estimate of drug-likeness (QED) is 0.0536. The van der Waals surface area contributed by atoms with Crippen LogP contribution in [0.15, 0.2) is 0 Å². The van der Waals surface area contributed by atoms with E-state index in [4.69, 9.17) is 0 Å². The van der Waals surface area contributed by atoms with Gasteiger partial charge in [0.05, 0.1) is 18.8 Å². The molecular formula is C54H109NO3. The zero-order valence-corrected chi connectivity index (χ0v) is 40.1. The van der Waals surface area contributed by atoms with E-state index < -0.39 is 12.1 Å². The Balaban J connectivity index is 3.38. The third-order valence-corrected chi connectivity index (χ3v) is 13.1. The van der Waals surface area contributed by atoms with Crippen molar-refractivity contribution >= 4 is 5.91 Å². The summed E-state index contributed by atoms with van der Waals surface area (Å²) in [4.78, 5) is 12.4. The highest BCUT2D eigenvalue weighted by atomic mass is 16.3. The third-order valence-electron chi connectivity index (χ3n) is 13.1. The lowest BCUT2D eigenvalue weighted by Gasteiger charge is -2.22. The average Bonchev–Trinajstić information content (AvgIpc) is 3.23. The number of aliphatic hydroxyl groups excluding tert-OH is 2. The van der Waals surface area contributed by atoms with Crippen molar-refractivity contribution in [3.05, 3.63) is 0 Å². The fraction of sp³-hybridized carbons (Fsp3) is 0.981. The van der Waals surface area contributed by atoms with Crippen LogP contribution in [0.1, 0.15) is 322 Å². The molecule has 0 heterocycles. The van der Waals surface area contributed by atoms with Crippen molar-refractivity contribution in [2.75, 3.05) is 6.61 Å². The van der Waals surface area contributed by atoms with Crippen molar-refractivity contribution in [3.63, 3.8) is 0 Å². The van der Waals surface area contributed by atoms with Crippen molar-refractivity contribution in [2.24, 2.45) is 0 Å². The molecule has 0 aliphatic rings. The highest BCUT2D eigenvalue weighted by molar-refractivity contribution is 5.76. The second kappa shape index (κ2) is 50.7. The largest absolute Gasteiger partial charge is 0.394 e. The minimum absolute atomic E-state index is 0.0239. The lowest BCUT2D eigenvalue weighted by atomic mass is 10.0. The molecule has 1 amide bonds. The second-order valence-corrected chi connectivity index (χ2v) is 19.0. The molecule has 0 rings (SSSR count). The highest BCUT2D eigenvalue weighted by Gasteiger charge is 2.20. The van der Waals surface area contributed by atoms with Crippen molar-refractivity contribution in [3.8, 4) is 0 Å².